The predicted molar refractivity (Wildman–Crippen MR) is 83.3 cm³/mol. The fourth-order valence-corrected chi connectivity index (χ4v) is 3.42. The molecule has 1 aliphatic carbocycles. The molecule has 1 aromatic carbocycles. The van der Waals surface area contributed by atoms with Crippen LogP contribution in [0.15, 0.2) is 12.1 Å². The van der Waals surface area contributed by atoms with Crippen LogP contribution in [-0.4, -0.2) is 34.6 Å². The Morgan fingerprint density at radius 1 is 1.12 bits per heavy atom. The van der Waals surface area contributed by atoms with E-state index in [4.69, 9.17) is 8.92 Å². The molecule has 1 aromatic rings. The average Bonchev–Trinajstić information content (AvgIpc) is 2.54. The third-order valence-electron chi connectivity index (χ3n) is 4.22. The SMILES string of the molecule is CS(=O)(=O)OCC1CCC(c2ccc(OCCF)c(F)c2F)CC1. The lowest BCUT2D eigenvalue weighted by molar-refractivity contribution is 0.204. The highest BCUT2D eigenvalue weighted by molar-refractivity contribution is 7.85. The summed E-state index contributed by atoms with van der Waals surface area (Å²) in [6.07, 6.45) is 3.61. The molecule has 1 saturated carbocycles. The second-order valence-electron chi connectivity index (χ2n) is 6.02. The van der Waals surface area contributed by atoms with E-state index in [0.717, 1.165) is 6.26 Å². The van der Waals surface area contributed by atoms with Crippen molar-refractivity contribution in [3.05, 3.63) is 29.3 Å². The molecule has 0 aliphatic heterocycles. The van der Waals surface area contributed by atoms with E-state index in [-0.39, 0.29) is 36.4 Å². The first-order valence-electron chi connectivity index (χ1n) is 7.83. The van der Waals surface area contributed by atoms with E-state index in [1.807, 2.05) is 0 Å². The summed E-state index contributed by atoms with van der Waals surface area (Å²) in [4.78, 5) is 0. The molecule has 136 valence electrons. The molecule has 0 saturated heterocycles. The summed E-state index contributed by atoms with van der Waals surface area (Å²) in [5.74, 6) is -2.38. The van der Waals surface area contributed by atoms with Gasteiger partial charge in [-0.3, -0.25) is 4.18 Å². The van der Waals surface area contributed by atoms with Crippen LogP contribution >= 0.6 is 0 Å². The van der Waals surface area contributed by atoms with E-state index in [1.165, 1.54) is 12.1 Å². The van der Waals surface area contributed by atoms with Crippen LogP contribution in [0.25, 0.3) is 0 Å². The fourth-order valence-electron chi connectivity index (χ4n) is 2.98. The van der Waals surface area contributed by atoms with Gasteiger partial charge in [0.15, 0.2) is 11.6 Å². The summed E-state index contributed by atoms with van der Waals surface area (Å²) < 4.78 is 71.9. The van der Waals surface area contributed by atoms with Crippen molar-refractivity contribution in [2.75, 3.05) is 26.1 Å². The van der Waals surface area contributed by atoms with Crippen molar-refractivity contribution >= 4 is 10.1 Å². The van der Waals surface area contributed by atoms with Crippen LogP contribution in [0, 0.1) is 17.6 Å². The molecule has 24 heavy (non-hydrogen) atoms. The molecule has 0 bridgehead atoms. The average molecular weight is 366 g/mol. The molecule has 0 unspecified atom stereocenters. The van der Waals surface area contributed by atoms with Crippen LogP contribution in [0.2, 0.25) is 0 Å². The monoisotopic (exact) mass is 366 g/mol. The minimum atomic E-state index is -3.46. The molecule has 0 radical (unpaired) electrons. The van der Waals surface area contributed by atoms with Crippen LogP contribution in [0.5, 0.6) is 5.75 Å². The molecule has 0 aromatic heterocycles. The van der Waals surface area contributed by atoms with E-state index >= 15 is 0 Å². The van der Waals surface area contributed by atoms with Gasteiger partial charge in [0.1, 0.15) is 13.3 Å². The molecular formula is C16H21F3O4S. The van der Waals surface area contributed by atoms with Crippen LogP contribution in [0.4, 0.5) is 13.2 Å². The van der Waals surface area contributed by atoms with Gasteiger partial charge in [0, 0.05) is 0 Å². The summed E-state index contributed by atoms with van der Waals surface area (Å²) >= 11 is 0. The standard InChI is InChI=1S/C16H21F3O4S/c1-24(20,21)23-10-11-2-4-12(5-3-11)13-6-7-14(22-9-8-17)16(19)15(13)18/h6-7,11-12H,2-5,8-10H2,1H3. The molecule has 1 fully saturated rings. The van der Waals surface area contributed by atoms with Crippen molar-refractivity contribution in [3.8, 4) is 5.75 Å². The third kappa shape index (κ3) is 5.11. The molecular weight excluding hydrogens is 345 g/mol. The lowest BCUT2D eigenvalue weighted by Gasteiger charge is -2.28. The molecule has 0 spiro atoms. The van der Waals surface area contributed by atoms with Crippen LogP contribution in [0.1, 0.15) is 37.2 Å². The number of benzene rings is 1. The maximum absolute atomic E-state index is 14.2. The quantitative estimate of drug-likeness (QED) is 0.693. The largest absolute Gasteiger partial charge is 0.488 e. The van der Waals surface area contributed by atoms with E-state index in [1.54, 1.807) is 0 Å². The zero-order valence-electron chi connectivity index (χ0n) is 13.4. The summed E-state index contributed by atoms with van der Waals surface area (Å²) in [5.41, 5.74) is 0.280. The van der Waals surface area contributed by atoms with Crippen molar-refractivity contribution in [1.82, 2.24) is 0 Å². The van der Waals surface area contributed by atoms with Gasteiger partial charge < -0.3 is 4.74 Å². The third-order valence-corrected chi connectivity index (χ3v) is 4.78. The molecule has 0 heterocycles. The first-order chi connectivity index (χ1) is 11.3. The predicted octanol–water partition coefficient (Wildman–Crippen LogP) is 3.56. The van der Waals surface area contributed by atoms with Crippen molar-refractivity contribution in [3.63, 3.8) is 0 Å². The summed E-state index contributed by atoms with van der Waals surface area (Å²) in [7, 11) is -3.46. The van der Waals surface area contributed by atoms with Crippen molar-refractivity contribution < 1.29 is 30.5 Å². The fraction of sp³-hybridized carbons (Fsp3) is 0.625. The Balaban J connectivity index is 1.97. The molecule has 2 rings (SSSR count). The summed E-state index contributed by atoms with van der Waals surface area (Å²) in [6.45, 7) is -0.970. The second kappa shape index (κ2) is 8.20. The number of rotatable bonds is 7. The van der Waals surface area contributed by atoms with E-state index in [0.29, 0.717) is 25.7 Å². The Labute approximate surface area is 140 Å². The Bertz CT molecular complexity index is 656. The van der Waals surface area contributed by atoms with Crippen molar-refractivity contribution in [1.29, 1.82) is 0 Å². The molecule has 4 nitrogen and oxygen atoms in total. The van der Waals surface area contributed by atoms with E-state index in [9.17, 15) is 21.6 Å². The Hall–Kier alpha value is -1.28. The zero-order valence-corrected chi connectivity index (χ0v) is 14.3. The summed E-state index contributed by atoms with van der Waals surface area (Å²) in [5, 5.41) is 0. The molecule has 0 amide bonds. The van der Waals surface area contributed by atoms with Gasteiger partial charge in [0.25, 0.3) is 10.1 Å². The second-order valence-corrected chi connectivity index (χ2v) is 7.67. The minimum Gasteiger partial charge on any atom is -0.488 e. The number of hydrogen-bond donors (Lipinski definition) is 0. The molecule has 8 heteroatoms. The van der Waals surface area contributed by atoms with Crippen LogP contribution in [0.3, 0.4) is 0 Å². The van der Waals surface area contributed by atoms with Gasteiger partial charge in [-0.05, 0) is 49.1 Å². The van der Waals surface area contributed by atoms with Gasteiger partial charge in [0.2, 0.25) is 5.82 Å². The normalized spacial score (nSPS) is 21.7. The lowest BCUT2D eigenvalue weighted by atomic mass is 9.79. The number of hydrogen-bond acceptors (Lipinski definition) is 4. The highest BCUT2D eigenvalue weighted by atomic mass is 32.2. The maximum Gasteiger partial charge on any atom is 0.264 e. The van der Waals surface area contributed by atoms with Gasteiger partial charge in [-0.25, -0.2) is 8.78 Å². The van der Waals surface area contributed by atoms with Crippen LogP contribution in [-0.2, 0) is 14.3 Å². The van der Waals surface area contributed by atoms with Gasteiger partial charge in [-0.15, -0.1) is 0 Å². The maximum atomic E-state index is 14.2. The smallest absolute Gasteiger partial charge is 0.264 e. The van der Waals surface area contributed by atoms with Gasteiger partial charge in [-0.1, -0.05) is 6.07 Å². The zero-order chi connectivity index (χ0) is 17.7. The first-order valence-corrected chi connectivity index (χ1v) is 9.64. The summed E-state index contributed by atoms with van der Waals surface area (Å²) in [6, 6.07) is 2.80. The topological polar surface area (TPSA) is 52.6 Å². The van der Waals surface area contributed by atoms with Gasteiger partial charge in [-0.2, -0.15) is 12.8 Å². The first kappa shape index (κ1) is 19.1. The number of alkyl halides is 1. The van der Waals surface area contributed by atoms with Gasteiger partial charge >= 0.3 is 0 Å². The number of halogens is 3. The Morgan fingerprint density at radius 3 is 2.38 bits per heavy atom. The lowest BCUT2D eigenvalue weighted by Crippen LogP contribution is -2.20. The van der Waals surface area contributed by atoms with E-state index in [2.05, 4.69) is 0 Å². The molecule has 0 atom stereocenters. The van der Waals surface area contributed by atoms with Crippen molar-refractivity contribution in [2.24, 2.45) is 5.92 Å². The molecule has 0 N–H and O–H groups in total. The minimum absolute atomic E-state index is 0.0936. The highest BCUT2D eigenvalue weighted by Gasteiger charge is 2.27. The number of ether oxygens (including phenoxy) is 1. The van der Waals surface area contributed by atoms with Gasteiger partial charge in [0.05, 0.1) is 12.9 Å². The highest BCUT2D eigenvalue weighted by Crippen LogP contribution is 2.38. The Kier molecular flexibility index (Phi) is 6.51. The van der Waals surface area contributed by atoms with Crippen LogP contribution < -0.4 is 4.74 Å². The molecule has 1 aliphatic rings. The van der Waals surface area contributed by atoms with Crippen molar-refractivity contribution in [2.45, 2.75) is 31.6 Å². The Morgan fingerprint density at radius 2 is 1.79 bits per heavy atom. The van der Waals surface area contributed by atoms with E-state index < -0.39 is 28.4 Å².